The quantitative estimate of drug-likeness (QED) is 0.679. The summed E-state index contributed by atoms with van der Waals surface area (Å²) in [5.41, 5.74) is 6.22. The molecule has 7 nitrogen and oxygen atoms in total. The Bertz CT molecular complexity index is 569. The van der Waals surface area contributed by atoms with Crippen molar-refractivity contribution in [3.63, 3.8) is 0 Å². The summed E-state index contributed by atoms with van der Waals surface area (Å²) in [4.78, 5) is 34.7. The molecule has 1 amide bonds. The number of aromatic carboxylic acids is 1. The van der Waals surface area contributed by atoms with Crippen LogP contribution in [0.25, 0.3) is 0 Å². The molecule has 0 aromatic heterocycles. The van der Waals surface area contributed by atoms with E-state index in [1.807, 2.05) is 0 Å². The van der Waals surface area contributed by atoms with Gasteiger partial charge in [-0.05, 0) is 18.2 Å². The number of rotatable bonds is 3. The van der Waals surface area contributed by atoms with Gasteiger partial charge < -0.3 is 20.8 Å². The first-order valence-corrected chi connectivity index (χ1v) is 5.56. The summed E-state index contributed by atoms with van der Waals surface area (Å²) in [6.07, 6.45) is -0.0740. The first kappa shape index (κ1) is 12.9. The number of carbonyl (C=O) groups excluding carboxylic acids is 1. The van der Waals surface area contributed by atoms with Gasteiger partial charge in [0.1, 0.15) is 0 Å². The van der Waals surface area contributed by atoms with E-state index in [0.29, 0.717) is 5.69 Å². The van der Waals surface area contributed by atoms with Gasteiger partial charge in [-0.15, -0.1) is 0 Å². The molecule has 1 aromatic rings. The van der Waals surface area contributed by atoms with Crippen molar-refractivity contribution in [3.05, 3.63) is 23.8 Å². The number of amides is 1. The minimum Gasteiger partial charge on any atom is -0.481 e. The number of carboxylic acids is 2. The fourth-order valence-corrected chi connectivity index (χ4v) is 2.04. The molecule has 0 saturated carbocycles. The third-order valence-electron chi connectivity index (χ3n) is 3.04. The maximum absolute atomic E-state index is 11.8. The van der Waals surface area contributed by atoms with Crippen LogP contribution in [0.5, 0.6) is 0 Å². The zero-order chi connectivity index (χ0) is 14.2. The average Bonchev–Trinajstić information content (AvgIpc) is 2.71. The van der Waals surface area contributed by atoms with E-state index in [1.165, 1.54) is 23.1 Å². The Morgan fingerprint density at radius 1 is 1.32 bits per heavy atom. The molecule has 0 aliphatic carbocycles. The summed E-state index contributed by atoms with van der Waals surface area (Å²) in [6.45, 7) is 0.0464. The Balaban J connectivity index is 2.30. The number of benzene rings is 1. The average molecular weight is 264 g/mol. The van der Waals surface area contributed by atoms with Crippen LogP contribution in [0.1, 0.15) is 16.8 Å². The minimum atomic E-state index is -1.12. The van der Waals surface area contributed by atoms with Crippen LogP contribution in [-0.4, -0.2) is 34.6 Å². The third-order valence-corrected chi connectivity index (χ3v) is 3.04. The van der Waals surface area contributed by atoms with E-state index in [1.54, 1.807) is 0 Å². The molecule has 1 aliphatic rings. The second-order valence-electron chi connectivity index (χ2n) is 4.32. The normalized spacial score (nSPS) is 18.6. The van der Waals surface area contributed by atoms with Gasteiger partial charge in [0.25, 0.3) is 0 Å². The smallest absolute Gasteiger partial charge is 0.335 e. The van der Waals surface area contributed by atoms with Crippen LogP contribution in [0, 0.1) is 5.92 Å². The molecule has 1 unspecified atom stereocenters. The number of anilines is 2. The molecule has 4 N–H and O–H groups in total. The molecule has 1 aliphatic heterocycles. The van der Waals surface area contributed by atoms with Crippen LogP contribution >= 0.6 is 0 Å². The highest BCUT2D eigenvalue weighted by Gasteiger charge is 2.35. The van der Waals surface area contributed by atoms with Crippen molar-refractivity contribution in [3.8, 4) is 0 Å². The molecule has 2 rings (SSSR count). The van der Waals surface area contributed by atoms with E-state index in [-0.39, 0.29) is 30.1 Å². The molecular formula is C12H12N2O5. The van der Waals surface area contributed by atoms with Gasteiger partial charge in [-0.25, -0.2) is 4.79 Å². The van der Waals surface area contributed by atoms with Crippen molar-refractivity contribution in [2.45, 2.75) is 6.42 Å². The fourth-order valence-electron chi connectivity index (χ4n) is 2.04. The molecular weight excluding hydrogens is 252 g/mol. The molecule has 1 heterocycles. The Labute approximate surface area is 108 Å². The number of hydrogen-bond acceptors (Lipinski definition) is 4. The maximum Gasteiger partial charge on any atom is 0.335 e. The van der Waals surface area contributed by atoms with Gasteiger partial charge in [-0.2, -0.15) is 0 Å². The van der Waals surface area contributed by atoms with Crippen LogP contribution in [0.4, 0.5) is 11.4 Å². The Kier molecular flexibility index (Phi) is 3.12. The third kappa shape index (κ3) is 2.35. The Hall–Kier alpha value is -2.57. The van der Waals surface area contributed by atoms with Gasteiger partial charge >= 0.3 is 11.9 Å². The van der Waals surface area contributed by atoms with Gasteiger partial charge in [-0.3, -0.25) is 9.59 Å². The van der Waals surface area contributed by atoms with E-state index in [0.717, 1.165) is 0 Å². The standard InChI is InChI=1S/C12H12N2O5/c13-8-3-6(11(16)17)1-2-9(8)14-5-7(12(18)19)4-10(14)15/h1-3,7H,4-5,13H2,(H,16,17)(H,18,19). The van der Waals surface area contributed by atoms with Crippen molar-refractivity contribution in [2.24, 2.45) is 5.92 Å². The van der Waals surface area contributed by atoms with Crippen molar-refractivity contribution in [1.82, 2.24) is 0 Å². The molecule has 1 fully saturated rings. The maximum atomic E-state index is 11.8. The first-order chi connectivity index (χ1) is 8.90. The summed E-state index contributed by atoms with van der Waals surface area (Å²) in [5, 5.41) is 17.7. The molecule has 0 radical (unpaired) electrons. The predicted octanol–water partition coefficient (Wildman–Crippen LogP) is 0.404. The molecule has 0 spiro atoms. The van der Waals surface area contributed by atoms with Crippen molar-refractivity contribution < 1.29 is 24.6 Å². The zero-order valence-corrected chi connectivity index (χ0v) is 9.87. The Morgan fingerprint density at radius 2 is 2.00 bits per heavy atom. The molecule has 0 bridgehead atoms. The molecule has 100 valence electrons. The highest BCUT2D eigenvalue weighted by Crippen LogP contribution is 2.30. The lowest BCUT2D eigenvalue weighted by molar-refractivity contribution is -0.141. The van der Waals surface area contributed by atoms with Gasteiger partial charge in [0.05, 0.1) is 22.9 Å². The first-order valence-electron chi connectivity index (χ1n) is 5.56. The highest BCUT2D eigenvalue weighted by molar-refractivity contribution is 6.02. The number of carbonyl (C=O) groups is 3. The fraction of sp³-hybridized carbons (Fsp3) is 0.250. The largest absolute Gasteiger partial charge is 0.481 e. The van der Waals surface area contributed by atoms with Gasteiger partial charge in [-0.1, -0.05) is 0 Å². The number of hydrogen-bond donors (Lipinski definition) is 3. The summed E-state index contributed by atoms with van der Waals surface area (Å²) in [5.74, 6) is -3.24. The summed E-state index contributed by atoms with van der Waals surface area (Å²) < 4.78 is 0. The zero-order valence-electron chi connectivity index (χ0n) is 9.87. The molecule has 1 atom stereocenters. The number of nitrogens with zero attached hydrogens (tertiary/aromatic N) is 1. The summed E-state index contributed by atoms with van der Waals surface area (Å²) >= 11 is 0. The monoisotopic (exact) mass is 264 g/mol. The van der Waals surface area contributed by atoms with Gasteiger partial charge in [0.2, 0.25) is 5.91 Å². The van der Waals surface area contributed by atoms with E-state index in [9.17, 15) is 14.4 Å². The van der Waals surface area contributed by atoms with E-state index in [4.69, 9.17) is 15.9 Å². The lowest BCUT2D eigenvalue weighted by Crippen LogP contribution is -2.26. The second-order valence-corrected chi connectivity index (χ2v) is 4.32. The van der Waals surface area contributed by atoms with Crippen LogP contribution in [0.3, 0.4) is 0 Å². The number of nitrogens with two attached hydrogens (primary N) is 1. The van der Waals surface area contributed by atoms with E-state index >= 15 is 0 Å². The number of nitrogen functional groups attached to an aromatic ring is 1. The number of carboxylic acid groups (broad SMARTS) is 2. The SMILES string of the molecule is Nc1cc(C(=O)O)ccc1N1CC(C(=O)O)CC1=O. The van der Waals surface area contributed by atoms with Crippen LogP contribution < -0.4 is 10.6 Å². The van der Waals surface area contributed by atoms with Crippen molar-refractivity contribution in [1.29, 1.82) is 0 Å². The predicted molar refractivity (Wildman–Crippen MR) is 65.9 cm³/mol. The molecule has 7 heteroatoms. The van der Waals surface area contributed by atoms with Crippen LogP contribution in [0.2, 0.25) is 0 Å². The van der Waals surface area contributed by atoms with Gasteiger partial charge in [0, 0.05) is 13.0 Å². The Morgan fingerprint density at radius 3 is 2.47 bits per heavy atom. The summed E-state index contributed by atoms with van der Waals surface area (Å²) in [6, 6.07) is 4.00. The topological polar surface area (TPSA) is 121 Å². The molecule has 1 aromatic carbocycles. The van der Waals surface area contributed by atoms with Crippen LogP contribution in [-0.2, 0) is 9.59 Å². The van der Waals surface area contributed by atoms with Crippen molar-refractivity contribution >= 4 is 29.2 Å². The van der Waals surface area contributed by atoms with Crippen molar-refractivity contribution in [2.75, 3.05) is 17.2 Å². The summed E-state index contributed by atoms with van der Waals surface area (Å²) in [7, 11) is 0. The minimum absolute atomic E-state index is 0.0164. The molecule has 1 saturated heterocycles. The molecule has 19 heavy (non-hydrogen) atoms. The lowest BCUT2D eigenvalue weighted by Gasteiger charge is -2.18. The lowest BCUT2D eigenvalue weighted by atomic mass is 10.1. The number of aliphatic carboxylic acids is 1. The highest BCUT2D eigenvalue weighted by atomic mass is 16.4. The second kappa shape index (κ2) is 4.60. The van der Waals surface area contributed by atoms with E-state index < -0.39 is 17.9 Å². The van der Waals surface area contributed by atoms with Crippen LogP contribution in [0.15, 0.2) is 18.2 Å². The van der Waals surface area contributed by atoms with Gasteiger partial charge in [0.15, 0.2) is 0 Å². The van der Waals surface area contributed by atoms with E-state index in [2.05, 4.69) is 0 Å².